The van der Waals surface area contributed by atoms with E-state index in [-0.39, 0.29) is 45.8 Å². The van der Waals surface area contributed by atoms with E-state index in [4.69, 9.17) is 5.73 Å². The second-order valence-electron chi connectivity index (χ2n) is 7.85. The number of aromatic nitrogens is 1. The Bertz CT molecular complexity index is 1680. The van der Waals surface area contributed by atoms with E-state index in [1.165, 1.54) is 6.07 Å². The third-order valence-electron chi connectivity index (χ3n) is 5.58. The van der Waals surface area contributed by atoms with Gasteiger partial charge in [0.1, 0.15) is 16.3 Å². The Morgan fingerprint density at radius 1 is 0.750 bits per heavy atom. The number of nitrogen functional groups attached to an aromatic ring is 1. The van der Waals surface area contributed by atoms with Gasteiger partial charge in [-0.2, -0.15) is 8.42 Å². The molecule has 36 heavy (non-hydrogen) atoms. The molecule has 0 saturated heterocycles. The minimum absolute atomic E-state index is 0. The monoisotopic (exact) mass is 504 g/mol. The Hall–Kier alpha value is -3.40. The fourth-order valence-corrected chi connectivity index (χ4v) is 4.65. The van der Waals surface area contributed by atoms with Crippen LogP contribution in [0.15, 0.2) is 118 Å². The van der Waals surface area contributed by atoms with Gasteiger partial charge in [-0.05, 0) is 17.7 Å². The summed E-state index contributed by atoms with van der Waals surface area (Å²) < 4.78 is 33.7. The molecule has 9 heteroatoms. The van der Waals surface area contributed by atoms with Crippen LogP contribution in [0.2, 0.25) is 0 Å². The first-order valence-electron chi connectivity index (χ1n) is 10.7. The zero-order valence-corrected chi connectivity index (χ0v) is 19.2. The quantitative estimate of drug-likeness (QED) is 0.129. The van der Waals surface area contributed by atoms with E-state index in [1.54, 1.807) is 30.5 Å². The Balaban J connectivity index is 0.00000304. The molecule has 0 aliphatic carbocycles. The van der Waals surface area contributed by atoms with E-state index in [1.807, 2.05) is 66.7 Å². The number of hydrogen-bond acceptors (Lipinski definition) is 6. The molecule has 0 unspecified atom stereocenters. The summed E-state index contributed by atoms with van der Waals surface area (Å²) >= 11 is 0. The molecule has 1 heterocycles. The number of hydrogen-bond donors (Lipinski definition) is 2. The van der Waals surface area contributed by atoms with Gasteiger partial charge in [-0.15, -0.1) is 10.2 Å². The number of nitrogens with zero attached hydrogens (tertiary/aromatic N) is 3. The van der Waals surface area contributed by atoms with Crippen molar-refractivity contribution in [1.82, 2.24) is 4.98 Å². The summed E-state index contributed by atoms with van der Waals surface area (Å²) in [5, 5.41) is 9.29. The van der Waals surface area contributed by atoms with Gasteiger partial charge in [0.25, 0.3) is 10.1 Å². The third kappa shape index (κ3) is 5.23. The zero-order valence-electron chi connectivity index (χ0n) is 18.4. The molecule has 0 saturated carbocycles. The molecule has 0 fully saturated rings. The second-order valence-corrected chi connectivity index (χ2v) is 9.24. The van der Waals surface area contributed by atoms with Crippen LogP contribution < -0.4 is 5.73 Å². The van der Waals surface area contributed by atoms with Crippen LogP contribution in [-0.2, 0) is 10.1 Å². The summed E-state index contributed by atoms with van der Waals surface area (Å²) in [5.74, 6) is 0. The average Bonchev–Trinajstić information content (AvgIpc) is 2.88. The van der Waals surface area contributed by atoms with Crippen LogP contribution in [0.1, 0.15) is 0 Å². The van der Waals surface area contributed by atoms with Gasteiger partial charge in [-0.3, -0.25) is 9.54 Å². The van der Waals surface area contributed by atoms with Crippen molar-refractivity contribution < 1.29 is 13.0 Å². The Morgan fingerprint density at radius 2 is 1.33 bits per heavy atom. The van der Waals surface area contributed by atoms with Crippen molar-refractivity contribution in [3.63, 3.8) is 0 Å². The zero-order chi connectivity index (χ0) is 24.4. The van der Waals surface area contributed by atoms with Gasteiger partial charge in [-0.25, -0.2) is 0 Å². The minimum atomic E-state index is -4.50. The molecule has 3 N–H and O–H groups in total. The van der Waals surface area contributed by atoms with Gasteiger partial charge in [0, 0.05) is 21.9 Å². The Morgan fingerprint density at radius 3 is 1.97 bits per heavy atom. The van der Waals surface area contributed by atoms with Crippen LogP contribution in [0.4, 0.5) is 17.1 Å². The maximum absolute atomic E-state index is 12.0. The molecule has 0 atom stereocenters. The van der Waals surface area contributed by atoms with Crippen molar-refractivity contribution in [2.24, 2.45) is 10.2 Å². The van der Waals surface area contributed by atoms with E-state index >= 15 is 0 Å². The molecule has 1 aromatic heterocycles. The van der Waals surface area contributed by atoms with Gasteiger partial charge in [-0.1, -0.05) is 84.9 Å². The van der Waals surface area contributed by atoms with Gasteiger partial charge in [0.15, 0.2) is 0 Å². The van der Waals surface area contributed by atoms with Crippen molar-refractivity contribution in [2.45, 2.75) is 4.90 Å². The predicted octanol–water partition coefficient (Wildman–Crippen LogP) is 6.16. The van der Waals surface area contributed by atoms with Crippen LogP contribution in [0.5, 0.6) is 0 Å². The van der Waals surface area contributed by atoms with Crippen LogP contribution in [0, 0.1) is 0 Å². The molecular formula is C27H21N4NaO3S. The number of rotatable bonds is 5. The van der Waals surface area contributed by atoms with Gasteiger partial charge < -0.3 is 5.73 Å². The first kappa shape index (κ1) is 25.7. The molecule has 7 nitrogen and oxygen atoms in total. The average molecular weight is 505 g/mol. The Labute approximate surface area is 230 Å². The van der Waals surface area contributed by atoms with Crippen LogP contribution in [0.25, 0.3) is 33.2 Å². The molecule has 4 aromatic carbocycles. The second kappa shape index (κ2) is 10.7. The van der Waals surface area contributed by atoms with E-state index < -0.39 is 10.1 Å². The summed E-state index contributed by atoms with van der Waals surface area (Å²) in [4.78, 5) is 4.37. The Kier molecular flexibility index (Phi) is 7.63. The molecule has 0 spiro atoms. The molecule has 0 bridgehead atoms. The normalized spacial score (nSPS) is 11.5. The first-order valence-corrected chi connectivity index (χ1v) is 12.2. The van der Waals surface area contributed by atoms with Crippen molar-refractivity contribution in [3.8, 4) is 22.4 Å². The van der Waals surface area contributed by atoms with Crippen LogP contribution in [-0.4, -0.2) is 47.5 Å². The van der Waals surface area contributed by atoms with Crippen LogP contribution >= 0.6 is 0 Å². The summed E-state index contributed by atoms with van der Waals surface area (Å²) in [6.45, 7) is 0. The van der Waals surface area contributed by atoms with E-state index in [0.29, 0.717) is 16.5 Å². The molecule has 174 valence electrons. The topological polar surface area (TPSA) is 118 Å². The van der Waals surface area contributed by atoms with Crippen molar-refractivity contribution in [2.75, 3.05) is 5.73 Å². The number of benzene rings is 4. The molecule has 5 aromatic rings. The molecule has 0 aliphatic rings. The molecule has 5 rings (SSSR count). The molecule has 0 amide bonds. The van der Waals surface area contributed by atoms with E-state index in [9.17, 15) is 13.0 Å². The summed E-state index contributed by atoms with van der Waals surface area (Å²) in [6, 6.07) is 29.4. The summed E-state index contributed by atoms with van der Waals surface area (Å²) in [6.07, 6.45) is 1.60. The number of pyridine rings is 1. The van der Waals surface area contributed by atoms with Gasteiger partial charge in [0.2, 0.25) is 0 Å². The van der Waals surface area contributed by atoms with Gasteiger partial charge >= 0.3 is 29.6 Å². The fraction of sp³-hybridized carbons (Fsp3) is 0. The number of anilines is 1. The molecule has 0 aliphatic heterocycles. The number of fused-ring (bicyclic) bond motifs is 1. The van der Waals surface area contributed by atoms with Crippen molar-refractivity contribution in [1.29, 1.82) is 0 Å². The molecular weight excluding hydrogens is 483 g/mol. The number of nitrogens with two attached hydrogens (primary N) is 1. The summed E-state index contributed by atoms with van der Waals surface area (Å²) in [5.41, 5.74) is 10.7. The summed E-state index contributed by atoms with van der Waals surface area (Å²) in [7, 11) is -4.50. The third-order valence-corrected chi connectivity index (χ3v) is 6.48. The molecule has 0 radical (unpaired) electrons. The fourth-order valence-electron chi connectivity index (χ4n) is 3.93. The van der Waals surface area contributed by atoms with Crippen LogP contribution in [0.3, 0.4) is 0 Å². The predicted molar refractivity (Wildman–Crippen MR) is 145 cm³/mol. The van der Waals surface area contributed by atoms with Crippen molar-refractivity contribution >= 4 is 67.5 Å². The van der Waals surface area contributed by atoms with Crippen molar-refractivity contribution in [3.05, 3.63) is 103 Å². The first-order chi connectivity index (χ1) is 16.9. The SMILES string of the molecule is Nc1c(N=Nc2cnc(-c3ccccc3)c(-c3ccccc3)c2)cc(S(=O)(=O)O)c2ccccc12.[NaH]. The number of azo groups is 1. The van der Waals surface area contributed by atoms with E-state index in [0.717, 1.165) is 22.4 Å². The van der Waals surface area contributed by atoms with E-state index in [2.05, 4.69) is 15.2 Å². The maximum atomic E-state index is 12.0. The standard InChI is InChI=1S/C27H20N4O3S.Na.H/c28-26-22-14-8-7-13-21(22)25(35(32,33)34)16-24(26)31-30-20-15-23(18-9-3-1-4-10-18)27(29-17-20)19-11-5-2-6-12-19;;/h1-17H,28H2,(H,32,33,34);;. The van der Waals surface area contributed by atoms with Gasteiger partial charge in [0.05, 0.1) is 17.6 Å².